The van der Waals surface area contributed by atoms with Gasteiger partial charge < -0.3 is 14.5 Å². The molecule has 2 heterocycles. The molecule has 0 fully saturated rings. The number of carbonyl (C=O) groups excluding carboxylic acids is 1. The molecule has 0 bridgehead atoms. The second-order valence-corrected chi connectivity index (χ2v) is 6.73. The summed E-state index contributed by atoms with van der Waals surface area (Å²) in [7, 11) is 0. The third-order valence-electron chi connectivity index (χ3n) is 4.32. The minimum atomic E-state index is -0.0989. The number of thiazole rings is 1. The number of ether oxygens (including phenoxy) is 1. The van der Waals surface area contributed by atoms with E-state index in [4.69, 9.17) is 9.15 Å². The highest BCUT2D eigenvalue weighted by Gasteiger charge is 2.24. The summed E-state index contributed by atoms with van der Waals surface area (Å²) in [5, 5.41) is 5.06. The molecule has 0 saturated carbocycles. The topological polar surface area (TPSA) is 64.4 Å². The van der Waals surface area contributed by atoms with Crippen molar-refractivity contribution in [1.82, 2.24) is 10.3 Å². The summed E-state index contributed by atoms with van der Waals surface area (Å²) in [5.74, 6) is 1.54. The van der Waals surface area contributed by atoms with Crippen molar-refractivity contribution in [2.45, 2.75) is 31.9 Å². The molecule has 1 unspecified atom stereocenters. The molecule has 1 aliphatic rings. The van der Waals surface area contributed by atoms with E-state index in [0.29, 0.717) is 17.9 Å². The van der Waals surface area contributed by atoms with Gasteiger partial charge in [0.25, 0.3) is 5.91 Å². The number of rotatable bonds is 5. The lowest BCUT2D eigenvalue weighted by Crippen LogP contribution is -2.30. The molecule has 1 N–H and O–H groups in total. The SMILES string of the molecule is O=C(NC1CCCc2occc21)c1cccc(OCc2cscn2)c1. The minimum Gasteiger partial charge on any atom is -0.487 e. The number of fused-ring (bicyclic) bond motifs is 1. The van der Waals surface area contributed by atoms with Crippen molar-refractivity contribution < 1.29 is 13.9 Å². The fourth-order valence-corrected chi connectivity index (χ4v) is 3.61. The molecule has 25 heavy (non-hydrogen) atoms. The molecule has 1 atom stereocenters. The molecule has 0 spiro atoms. The first kappa shape index (κ1) is 15.9. The molecule has 1 aromatic carbocycles. The molecule has 6 heteroatoms. The highest BCUT2D eigenvalue weighted by atomic mass is 32.1. The van der Waals surface area contributed by atoms with Crippen LogP contribution >= 0.6 is 11.3 Å². The van der Waals surface area contributed by atoms with Gasteiger partial charge in [0.1, 0.15) is 18.1 Å². The number of nitrogens with zero attached hydrogens (tertiary/aromatic N) is 1. The van der Waals surface area contributed by atoms with Gasteiger partial charge in [0.15, 0.2) is 0 Å². The molecule has 4 rings (SSSR count). The van der Waals surface area contributed by atoms with Crippen molar-refractivity contribution >= 4 is 17.2 Å². The van der Waals surface area contributed by atoms with Crippen LogP contribution in [0, 0.1) is 0 Å². The quantitative estimate of drug-likeness (QED) is 0.748. The van der Waals surface area contributed by atoms with E-state index in [1.54, 1.807) is 23.9 Å². The van der Waals surface area contributed by atoms with Crippen molar-refractivity contribution in [3.63, 3.8) is 0 Å². The lowest BCUT2D eigenvalue weighted by molar-refractivity contribution is 0.0931. The van der Waals surface area contributed by atoms with Gasteiger partial charge in [-0.1, -0.05) is 6.07 Å². The smallest absolute Gasteiger partial charge is 0.251 e. The van der Waals surface area contributed by atoms with E-state index in [2.05, 4.69) is 10.3 Å². The van der Waals surface area contributed by atoms with Crippen LogP contribution < -0.4 is 10.1 Å². The molecule has 0 radical (unpaired) electrons. The average Bonchev–Trinajstić information content (AvgIpc) is 3.32. The lowest BCUT2D eigenvalue weighted by atomic mass is 9.93. The Morgan fingerprint density at radius 3 is 3.24 bits per heavy atom. The Morgan fingerprint density at radius 1 is 1.40 bits per heavy atom. The van der Waals surface area contributed by atoms with Crippen LogP contribution in [0.5, 0.6) is 5.75 Å². The van der Waals surface area contributed by atoms with Gasteiger partial charge in [0.05, 0.1) is 23.5 Å². The summed E-state index contributed by atoms with van der Waals surface area (Å²) < 4.78 is 11.2. The fourth-order valence-electron chi connectivity index (χ4n) is 3.07. The predicted molar refractivity (Wildman–Crippen MR) is 94.7 cm³/mol. The van der Waals surface area contributed by atoms with Crippen LogP contribution in [-0.4, -0.2) is 10.9 Å². The lowest BCUT2D eigenvalue weighted by Gasteiger charge is -2.22. The maximum atomic E-state index is 12.6. The third-order valence-corrected chi connectivity index (χ3v) is 4.96. The number of carbonyl (C=O) groups is 1. The van der Waals surface area contributed by atoms with Gasteiger partial charge in [-0.25, -0.2) is 4.98 Å². The van der Waals surface area contributed by atoms with E-state index in [1.165, 1.54) is 11.3 Å². The maximum absolute atomic E-state index is 12.6. The van der Waals surface area contributed by atoms with Crippen LogP contribution in [0.3, 0.4) is 0 Å². The fraction of sp³-hybridized carbons (Fsp3) is 0.263. The van der Waals surface area contributed by atoms with Gasteiger partial charge in [-0.2, -0.15) is 0 Å². The molecule has 5 nitrogen and oxygen atoms in total. The van der Waals surface area contributed by atoms with Gasteiger partial charge in [-0.15, -0.1) is 11.3 Å². The molecule has 3 aromatic rings. The van der Waals surface area contributed by atoms with E-state index in [9.17, 15) is 4.79 Å². The number of aryl methyl sites for hydroxylation is 1. The predicted octanol–water partition coefficient (Wildman–Crippen LogP) is 4.12. The number of hydrogen-bond donors (Lipinski definition) is 1. The van der Waals surface area contributed by atoms with Crippen molar-refractivity contribution in [3.05, 3.63) is 70.1 Å². The number of furan rings is 1. The zero-order chi connectivity index (χ0) is 17.1. The van der Waals surface area contributed by atoms with Gasteiger partial charge in [0, 0.05) is 22.9 Å². The highest BCUT2D eigenvalue weighted by Crippen LogP contribution is 2.30. The first-order valence-corrected chi connectivity index (χ1v) is 9.21. The van der Waals surface area contributed by atoms with Crippen LogP contribution in [-0.2, 0) is 13.0 Å². The highest BCUT2D eigenvalue weighted by molar-refractivity contribution is 7.07. The van der Waals surface area contributed by atoms with E-state index < -0.39 is 0 Å². The normalized spacial score (nSPS) is 16.2. The van der Waals surface area contributed by atoms with E-state index >= 15 is 0 Å². The monoisotopic (exact) mass is 354 g/mol. The molecule has 1 aliphatic carbocycles. The Kier molecular flexibility index (Phi) is 4.52. The molecule has 0 saturated heterocycles. The molecule has 128 valence electrons. The minimum absolute atomic E-state index is 0.00887. The number of amides is 1. The Balaban J connectivity index is 1.43. The van der Waals surface area contributed by atoms with E-state index in [1.807, 2.05) is 23.6 Å². The van der Waals surface area contributed by atoms with Gasteiger partial charge in [-0.05, 0) is 37.1 Å². The average molecular weight is 354 g/mol. The zero-order valence-electron chi connectivity index (χ0n) is 13.6. The summed E-state index contributed by atoms with van der Waals surface area (Å²) in [6.07, 6.45) is 4.58. The van der Waals surface area contributed by atoms with Crippen LogP contribution in [0.1, 0.15) is 46.3 Å². The van der Waals surface area contributed by atoms with Gasteiger partial charge >= 0.3 is 0 Å². The van der Waals surface area contributed by atoms with Crippen molar-refractivity contribution in [1.29, 1.82) is 0 Å². The molecule has 2 aromatic heterocycles. The van der Waals surface area contributed by atoms with Crippen molar-refractivity contribution in [2.75, 3.05) is 0 Å². The summed E-state index contributed by atoms with van der Waals surface area (Å²) in [6.45, 7) is 0.398. The summed E-state index contributed by atoms with van der Waals surface area (Å²) in [6, 6.07) is 9.19. The van der Waals surface area contributed by atoms with E-state index in [-0.39, 0.29) is 11.9 Å². The Morgan fingerprint density at radius 2 is 2.36 bits per heavy atom. The van der Waals surface area contributed by atoms with E-state index in [0.717, 1.165) is 36.3 Å². The number of aromatic nitrogens is 1. The zero-order valence-corrected chi connectivity index (χ0v) is 14.4. The van der Waals surface area contributed by atoms with Gasteiger partial charge in [-0.3, -0.25) is 4.79 Å². The van der Waals surface area contributed by atoms with Crippen molar-refractivity contribution in [3.8, 4) is 5.75 Å². The molecule has 1 amide bonds. The van der Waals surface area contributed by atoms with Gasteiger partial charge in [0.2, 0.25) is 0 Å². The number of benzene rings is 1. The summed E-state index contributed by atoms with van der Waals surface area (Å²) in [4.78, 5) is 16.8. The second-order valence-electron chi connectivity index (χ2n) is 6.01. The Bertz CT molecular complexity index is 857. The first-order chi connectivity index (χ1) is 12.3. The van der Waals surface area contributed by atoms with Crippen LogP contribution in [0.2, 0.25) is 0 Å². The first-order valence-electron chi connectivity index (χ1n) is 8.26. The summed E-state index contributed by atoms with van der Waals surface area (Å²) >= 11 is 1.53. The standard InChI is InChI=1S/C19H18N2O3S/c22-19(21-17-5-2-6-18-16(17)7-8-23-18)13-3-1-4-15(9-13)24-10-14-11-25-12-20-14/h1,3-4,7-9,11-12,17H,2,5-6,10H2,(H,21,22). The maximum Gasteiger partial charge on any atom is 0.251 e. The Hall–Kier alpha value is -2.60. The van der Waals surface area contributed by atoms with Crippen LogP contribution in [0.25, 0.3) is 0 Å². The molecule has 0 aliphatic heterocycles. The van der Waals surface area contributed by atoms with Crippen LogP contribution in [0.4, 0.5) is 0 Å². The van der Waals surface area contributed by atoms with Crippen LogP contribution in [0.15, 0.2) is 51.9 Å². The summed E-state index contributed by atoms with van der Waals surface area (Å²) in [5.41, 5.74) is 4.34. The number of nitrogens with one attached hydrogen (secondary N) is 1. The molecular formula is C19H18N2O3S. The largest absolute Gasteiger partial charge is 0.487 e. The number of hydrogen-bond acceptors (Lipinski definition) is 5. The molecular weight excluding hydrogens is 336 g/mol. The van der Waals surface area contributed by atoms with Crippen molar-refractivity contribution in [2.24, 2.45) is 0 Å². The second kappa shape index (κ2) is 7.11. The third kappa shape index (κ3) is 3.58. The Labute approximate surface area is 149 Å².